The molecule has 0 N–H and O–H groups in total. The van der Waals surface area contributed by atoms with Crippen molar-refractivity contribution in [1.29, 1.82) is 0 Å². The molecule has 0 aromatic carbocycles. The van der Waals surface area contributed by atoms with Gasteiger partial charge in [0.2, 0.25) is 15.9 Å². The van der Waals surface area contributed by atoms with Crippen LogP contribution in [0.1, 0.15) is 58.3 Å². The van der Waals surface area contributed by atoms with Crippen molar-refractivity contribution in [3.63, 3.8) is 0 Å². The third-order valence-corrected chi connectivity index (χ3v) is 8.10. The second kappa shape index (κ2) is 9.39. The van der Waals surface area contributed by atoms with E-state index in [0.717, 1.165) is 31.6 Å². The van der Waals surface area contributed by atoms with Crippen LogP contribution in [-0.4, -0.2) is 59.5 Å². The van der Waals surface area contributed by atoms with Crippen molar-refractivity contribution in [1.82, 2.24) is 19.0 Å². The largest absolute Gasteiger partial charge is 0.341 e. The first-order valence-corrected chi connectivity index (χ1v) is 12.1. The monoisotopic (exact) mass is 410 g/mol. The lowest BCUT2D eigenvalue weighted by Crippen LogP contribution is -2.40. The molecule has 0 spiro atoms. The molecule has 7 nitrogen and oxygen atoms in total. The molecule has 0 radical (unpaired) electrons. The summed E-state index contributed by atoms with van der Waals surface area (Å²) in [6.45, 7) is 4.16. The van der Waals surface area contributed by atoms with Crippen LogP contribution in [0.3, 0.4) is 0 Å². The number of aryl methyl sites for hydroxylation is 1. The van der Waals surface area contributed by atoms with Crippen LogP contribution < -0.4 is 0 Å². The molecule has 2 heterocycles. The predicted octanol–water partition coefficient (Wildman–Crippen LogP) is 2.64. The van der Waals surface area contributed by atoms with E-state index in [2.05, 4.69) is 12.0 Å². The predicted molar refractivity (Wildman–Crippen MR) is 108 cm³/mol. The molecule has 1 amide bonds. The molecule has 1 aromatic heterocycles. The lowest BCUT2D eigenvalue weighted by atomic mass is 9.79. The molecule has 2 fully saturated rings. The first-order chi connectivity index (χ1) is 13.4. The number of hydrogen-bond donors (Lipinski definition) is 0. The van der Waals surface area contributed by atoms with Gasteiger partial charge in [-0.2, -0.15) is 9.40 Å². The van der Waals surface area contributed by atoms with Gasteiger partial charge in [-0.25, -0.2) is 8.42 Å². The van der Waals surface area contributed by atoms with E-state index in [0.29, 0.717) is 32.6 Å². The number of nitrogens with zero attached hydrogens (tertiary/aromatic N) is 4. The van der Waals surface area contributed by atoms with Gasteiger partial charge in [0.05, 0.1) is 6.20 Å². The Kier molecular flexibility index (Phi) is 7.15. The van der Waals surface area contributed by atoms with E-state index in [1.165, 1.54) is 40.6 Å². The molecule has 2 aliphatic rings. The van der Waals surface area contributed by atoms with Crippen LogP contribution >= 0.6 is 0 Å². The van der Waals surface area contributed by atoms with Gasteiger partial charge < -0.3 is 4.90 Å². The minimum absolute atomic E-state index is 0.124. The highest BCUT2D eigenvalue weighted by atomic mass is 32.2. The van der Waals surface area contributed by atoms with Gasteiger partial charge in [0.25, 0.3) is 0 Å². The van der Waals surface area contributed by atoms with Crippen molar-refractivity contribution in [2.24, 2.45) is 18.9 Å². The Morgan fingerprint density at radius 3 is 2.54 bits per heavy atom. The van der Waals surface area contributed by atoms with E-state index >= 15 is 0 Å². The molecular formula is C20H34N4O3S. The number of hydrogen-bond acceptors (Lipinski definition) is 4. The van der Waals surface area contributed by atoms with E-state index in [9.17, 15) is 13.2 Å². The topological polar surface area (TPSA) is 75.5 Å². The van der Waals surface area contributed by atoms with E-state index in [-0.39, 0.29) is 16.7 Å². The fourth-order valence-corrected chi connectivity index (χ4v) is 5.94. The van der Waals surface area contributed by atoms with E-state index in [1.54, 1.807) is 7.05 Å². The number of carbonyl (C=O) groups is 1. The SMILES string of the molecule is CCCCC1CCC(C(=O)N2CCCN(S(=O)(=O)c3cnn(C)c3)CC2)CC1. The molecule has 1 saturated carbocycles. The lowest BCUT2D eigenvalue weighted by molar-refractivity contribution is -0.136. The Bertz CT molecular complexity index is 753. The van der Waals surface area contributed by atoms with Crippen molar-refractivity contribution >= 4 is 15.9 Å². The fraction of sp³-hybridized carbons (Fsp3) is 0.800. The van der Waals surface area contributed by atoms with Crippen molar-refractivity contribution in [2.75, 3.05) is 26.2 Å². The summed E-state index contributed by atoms with van der Waals surface area (Å²) in [7, 11) is -1.84. The molecule has 3 rings (SSSR count). The number of amides is 1. The average molecular weight is 411 g/mol. The van der Waals surface area contributed by atoms with Crippen molar-refractivity contribution in [3.8, 4) is 0 Å². The normalized spacial score (nSPS) is 24.9. The van der Waals surface area contributed by atoms with Gasteiger partial charge in [-0.05, 0) is 38.0 Å². The second-order valence-corrected chi connectivity index (χ2v) is 10.2. The van der Waals surface area contributed by atoms with Crippen LogP contribution in [0.2, 0.25) is 0 Å². The number of aromatic nitrogens is 2. The summed E-state index contributed by atoms with van der Waals surface area (Å²) in [5.41, 5.74) is 0. The standard InChI is InChI=1S/C20H34N4O3S/c1-3-4-6-17-7-9-18(10-8-17)20(25)23-11-5-12-24(14-13-23)28(26,27)19-15-21-22(2)16-19/h15-18H,3-14H2,1-2H3. The number of rotatable bonds is 6. The summed E-state index contributed by atoms with van der Waals surface area (Å²) in [4.78, 5) is 15.1. The highest BCUT2D eigenvalue weighted by Crippen LogP contribution is 2.33. The minimum atomic E-state index is -3.54. The van der Waals surface area contributed by atoms with Crippen LogP contribution in [0.5, 0.6) is 0 Å². The quantitative estimate of drug-likeness (QED) is 0.722. The van der Waals surface area contributed by atoms with Gasteiger partial charge in [0.1, 0.15) is 4.90 Å². The van der Waals surface area contributed by atoms with Gasteiger partial charge in [-0.1, -0.05) is 26.2 Å². The molecule has 158 valence electrons. The first-order valence-electron chi connectivity index (χ1n) is 10.7. The molecule has 1 aromatic rings. The Morgan fingerprint density at radius 1 is 1.14 bits per heavy atom. The summed E-state index contributed by atoms with van der Waals surface area (Å²) in [6.07, 6.45) is 11.7. The third kappa shape index (κ3) is 4.95. The summed E-state index contributed by atoms with van der Waals surface area (Å²) < 4.78 is 28.6. The zero-order chi connectivity index (χ0) is 20.1. The van der Waals surface area contributed by atoms with E-state index < -0.39 is 10.0 Å². The van der Waals surface area contributed by atoms with Crippen molar-refractivity contribution in [3.05, 3.63) is 12.4 Å². The van der Waals surface area contributed by atoms with Crippen LogP contribution in [0.4, 0.5) is 0 Å². The first kappa shape index (κ1) is 21.3. The summed E-state index contributed by atoms with van der Waals surface area (Å²) in [6, 6.07) is 0. The zero-order valence-corrected chi connectivity index (χ0v) is 18.0. The maximum absolute atomic E-state index is 13.0. The summed E-state index contributed by atoms with van der Waals surface area (Å²) in [5, 5.41) is 3.98. The molecule has 8 heteroatoms. The molecular weight excluding hydrogens is 376 g/mol. The molecule has 1 aliphatic carbocycles. The number of carbonyl (C=O) groups excluding carboxylic acids is 1. The van der Waals surface area contributed by atoms with E-state index in [1.807, 2.05) is 4.90 Å². The molecule has 0 atom stereocenters. The third-order valence-electron chi connectivity index (χ3n) is 6.25. The molecule has 0 unspecified atom stereocenters. The highest BCUT2D eigenvalue weighted by Gasteiger charge is 2.33. The summed E-state index contributed by atoms with van der Waals surface area (Å²) in [5.74, 6) is 1.14. The van der Waals surface area contributed by atoms with Crippen LogP contribution in [0.15, 0.2) is 17.3 Å². The maximum Gasteiger partial charge on any atom is 0.246 e. The lowest BCUT2D eigenvalue weighted by Gasteiger charge is -2.31. The van der Waals surface area contributed by atoms with Gasteiger partial charge in [0.15, 0.2) is 0 Å². The Hall–Kier alpha value is -1.41. The Labute approximate surface area is 169 Å². The van der Waals surface area contributed by atoms with Gasteiger partial charge in [-0.15, -0.1) is 0 Å². The Morgan fingerprint density at radius 2 is 1.89 bits per heavy atom. The van der Waals surface area contributed by atoms with Gasteiger partial charge in [-0.3, -0.25) is 9.48 Å². The van der Waals surface area contributed by atoms with Crippen LogP contribution in [-0.2, 0) is 21.9 Å². The van der Waals surface area contributed by atoms with Gasteiger partial charge >= 0.3 is 0 Å². The maximum atomic E-state index is 13.0. The number of sulfonamides is 1. The fourth-order valence-electron chi connectivity index (χ4n) is 4.48. The molecule has 1 saturated heterocycles. The van der Waals surface area contributed by atoms with Gasteiger partial charge in [0, 0.05) is 45.3 Å². The average Bonchev–Trinajstić information content (AvgIpc) is 2.99. The van der Waals surface area contributed by atoms with Crippen LogP contribution in [0, 0.1) is 11.8 Å². The van der Waals surface area contributed by atoms with Crippen molar-refractivity contribution < 1.29 is 13.2 Å². The van der Waals surface area contributed by atoms with Crippen molar-refractivity contribution in [2.45, 2.75) is 63.2 Å². The smallest absolute Gasteiger partial charge is 0.246 e. The zero-order valence-electron chi connectivity index (χ0n) is 17.2. The highest BCUT2D eigenvalue weighted by molar-refractivity contribution is 7.89. The molecule has 0 bridgehead atoms. The van der Waals surface area contributed by atoms with Crippen LogP contribution in [0.25, 0.3) is 0 Å². The van der Waals surface area contributed by atoms with E-state index in [4.69, 9.17) is 0 Å². The summed E-state index contributed by atoms with van der Waals surface area (Å²) >= 11 is 0. The molecule has 1 aliphatic heterocycles. The molecule has 28 heavy (non-hydrogen) atoms. The number of unbranched alkanes of at least 4 members (excludes halogenated alkanes) is 1. The minimum Gasteiger partial charge on any atom is -0.341 e. The second-order valence-electron chi connectivity index (χ2n) is 8.29. The Balaban J connectivity index is 1.54.